The second-order valence-electron chi connectivity index (χ2n) is 16.1. The first-order valence-electron chi connectivity index (χ1n) is 18.8. The van der Waals surface area contributed by atoms with E-state index in [-0.39, 0.29) is 30.6 Å². The van der Waals surface area contributed by atoms with Gasteiger partial charge in [0.05, 0.1) is 36.7 Å². The Hall–Kier alpha value is -5.37. The number of aliphatic hydroxyl groups excluding tert-OH is 1. The lowest BCUT2D eigenvalue weighted by Gasteiger charge is -2.67. The van der Waals surface area contributed by atoms with Crippen LogP contribution >= 0.6 is 0 Å². The quantitative estimate of drug-likeness (QED) is 0.137. The number of benzene rings is 3. The molecule has 3 aromatic carbocycles. The number of methoxy groups -OCH3 is 1. The molecule has 7 rings (SSSR count). The van der Waals surface area contributed by atoms with E-state index >= 15 is 4.79 Å². The highest BCUT2D eigenvalue weighted by atomic mass is 16.7. The maximum Gasteiger partial charge on any atom is 0.509 e. The molecule has 0 radical (unpaired) electrons. The van der Waals surface area contributed by atoms with E-state index in [4.69, 9.17) is 28.4 Å². The summed E-state index contributed by atoms with van der Waals surface area (Å²) in [5.74, 6) is -4.74. The van der Waals surface area contributed by atoms with Gasteiger partial charge in [-0.15, -0.1) is 0 Å². The topological polar surface area (TPSA) is 181 Å². The van der Waals surface area contributed by atoms with Crippen molar-refractivity contribution in [1.82, 2.24) is 0 Å². The van der Waals surface area contributed by atoms with Crippen molar-refractivity contribution in [3.8, 4) is 0 Å². The van der Waals surface area contributed by atoms with Crippen molar-refractivity contribution in [1.29, 1.82) is 0 Å². The lowest BCUT2D eigenvalue weighted by Crippen LogP contribution is -2.82. The molecule has 1 aliphatic heterocycles. The summed E-state index contributed by atoms with van der Waals surface area (Å²) in [7, 11) is 1.07. The van der Waals surface area contributed by atoms with E-state index in [2.05, 4.69) is 0 Å². The van der Waals surface area contributed by atoms with Crippen molar-refractivity contribution in [3.63, 3.8) is 0 Å². The maximum atomic E-state index is 15.4. The van der Waals surface area contributed by atoms with Gasteiger partial charge in [-0.1, -0.05) is 68.4 Å². The van der Waals surface area contributed by atoms with Crippen molar-refractivity contribution in [2.45, 2.75) is 89.2 Å². The van der Waals surface area contributed by atoms with Gasteiger partial charge < -0.3 is 38.6 Å². The Morgan fingerprint density at radius 2 is 1.60 bits per heavy atom. The summed E-state index contributed by atoms with van der Waals surface area (Å²) in [6, 6.07) is 21.4. The Kier molecular flexibility index (Phi) is 10.2. The highest BCUT2D eigenvalue weighted by Gasteiger charge is 2.78. The van der Waals surface area contributed by atoms with Gasteiger partial charge in [-0.05, 0) is 65.6 Å². The zero-order valence-electron chi connectivity index (χ0n) is 32.6. The molecular formula is C44H46O13. The number of hydrogen-bond donors (Lipinski definition) is 2. The van der Waals surface area contributed by atoms with Crippen molar-refractivity contribution in [2.24, 2.45) is 16.7 Å². The Labute approximate surface area is 329 Å². The number of rotatable bonds is 7. The minimum absolute atomic E-state index is 0.0594. The van der Waals surface area contributed by atoms with Crippen LogP contribution in [0.4, 0.5) is 4.79 Å². The van der Waals surface area contributed by atoms with E-state index in [0.717, 1.165) is 23.4 Å². The van der Waals surface area contributed by atoms with Gasteiger partial charge in [-0.25, -0.2) is 14.4 Å². The van der Waals surface area contributed by atoms with Crippen molar-refractivity contribution in [2.75, 3.05) is 13.7 Å². The smallest absolute Gasteiger partial charge is 0.455 e. The summed E-state index contributed by atoms with van der Waals surface area (Å²) < 4.78 is 35.0. The number of ether oxygens (including phenoxy) is 6. The van der Waals surface area contributed by atoms with Gasteiger partial charge in [0.1, 0.15) is 23.9 Å². The number of esters is 3. The summed E-state index contributed by atoms with van der Waals surface area (Å²) in [5.41, 5.74) is -6.40. The Morgan fingerprint density at radius 3 is 2.25 bits per heavy atom. The molecule has 2 N–H and O–H groups in total. The first kappa shape index (κ1) is 39.8. The predicted octanol–water partition coefficient (Wildman–Crippen LogP) is 5.29. The molecule has 4 aliphatic rings. The molecule has 1 saturated heterocycles. The van der Waals surface area contributed by atoms with Gasteiger partial charge in [0, 0.05) is 31.3 Å². The number of carbonyl (C=O) groups is 5. The van der Waals surface area contributed by atoms with E-state index in [1.54, 1.807) is 45.0 Å². The highest BCUT2D eigenvalue weighted by Crippen LogP contribution is 2.64. The van der Waals surface area contributed by atoms with Crippen LogP contribution in [0.5, 0.6) is 0 Å². The fourth-order valence-corrected chi connectivity index (χ4v) is 9.65. The van der Waals surface area contributed by atoms with Gasteiger partial charge in [-0.2, -0.15) is 0 Å². The van der Waals surface area contributed by atoms with E-state index in [9.17, 15) is 29.4 Å². The molecule has 57 heavy (non-hydrogen) atoms. The largest absolute Gasteiger partial charge is 0.509 e. The van der Waals surface area contributed by atoms with Crippen LogP contribution in [0.1, 0.15) is 63.4 Å². The molecule has 2 saturated carbocycles. The van der Waals surface area contributed by atoms with Crippen LogP contribution < -0.4 is 0 Å². The predicted molar refractivity (Wildman–Crippen MR) is 203 cm³/mol. The van der Waals surface area contributed by atoms with Gasteiger partial charge >= 0.3 is 24.1 Å². The van der Waals surface area contributed by atoms with Gasteiger partial charge in [0.25, 0.3) is 0 Å². The summed E-state index contributed by atoms with van der Waals surface area (Å²) in [5, 5.41) is 27.5. The Morgan fingerprint density at radius 1 is 0.912 bits per heavy atom. The van der Waals surface area contributed by atoms with Crippen LogP contribution in [0.2, 0.25) is 0 Å². The molecule has 3 aromatic rings. The third kappa shape index (κ3) is 6.41. The zero-order chi connectivity index (χ0) is 41.1. The number of fused-ring (bicyclic) bond motifs is 6. The van der Waals surface area contributed by atoms with Crippen molar-refractivity contribution < 1.29 is 62.6 Å². The first-order chi connectivity index (χ1) is 27.0. The third-order valence-electron chi connectivity index (χ3n) is 12.7. The standard InChI is InChI=1S/C44H46O13/c1-24-30(54-33(47)19-17-26-16-18-27-12-10-11-15-29(27)20-26)22-44(51)38(56-39(49)28-13-8-7-9-14-28)36-42(5,31(46)21-32-43(36,23-53-32)57-25(2)45)37(48)35(55-40(50)52-6)34(24)41(44,3)4/h7-20,30-32,35-36,38,46,51H,21-23H2,1-6H3/b19-17+/t30-,31-,32+,35+,36-,38-,42+,43-,44+/m0/s1. The summed E-state index contributed by atoms with van der Waals surface area (Å²) in [4.78, 5) is 69.1. The minimum atomic E-state index is -2.27. The van der Waals surface area contributed by atoms with Crippen molar-refractivity contribution >= 4 is 46.7 Å². The Bertz CT molecular complexity index is 2190. The zero-order valence-corrected chi connectivity index (χ0v) is 32.6. The van der Waals surface area contributed by atoms with Crippen LogP contribution in [0.15, 0.2) is 90.0 Å². The molecule has 0 amide bonds. The molecule has 13 nitrogen and oxygen atoms in total. The molecule has 0 unspecified atom stereocenters. The number of ketones is 1. The molecule has 300 valence electrons. The molecule has 1 heterocycles. The third-order valence-corrected chi connectivity index (χ3v) is 12.7. The normalized spacial score (nSPS) is 32.8. The number of Topliss-reactive ketones (excluding diaryl/α,β-unsaturated/α-hetero) is 1. The number of aliphatic hydroxyl groups is 2. The van der Waals surface area contributed by atoms with E-state index in [1.807, 2.05) is 42.5 Å². The van der Waals surface area contributed by atoms with Crippen LogP contribution in [-0.2, 0) is 42.8 Å². The average molecular weight is 783 g/mol. The molecule has 2 bridgehead atoms. The SMILES string of the molecule is COC(=O)O[C@H]1C(=O)[C@@]2(C)[C@H]([C@H](OC(=O)c3ccccc3)[C@]3(O)C[C@H](OC(=O)/C=C/c4ccc5ccccc5c4)C(C)=C1C3(C)C)[C@]1(OC(C)=O)CO[C@@H]1C[C@@H]2O. The molecule has 9 atom stereocenters. The number of hydrogen-bond acceptors (Lipinski definition) is 13. The lowest BCUT2D eigenvalue weighted by atomic mass is 9.44. The monoisotopic (exact) mass is 782 g/mol. The maximum absolute atomic E-state index is 15.4. The summed E-state index contributed by atoms with van der Waals surface area (Å²) >= 11 is 0. The van der Waals surface area contributed by atoms with Gasteiger partial charge in [0.15, 0.2) is 17.5 Å². The van der Waals surface area contributed by atoms with Crippen LogP contribution in [0, 0.1) is 16.7 Å². The molecular weight excluding hydrogens is 736 g/mol. The van der Waals surface area contributed by atoms with Crippen molar-refractivity contribution in [3.05, 3.63) is 101 Å². The van der Waals surface area contributed by atoms with Gasteiger partial charge in [-0.3, -0.25) is 9.59 Å². The minimum Gasteiger partial charge on any atom is -0.455 e. The first-order valence-corrected chi connectivity index (χ1v) is 18.8. The summed E-state index contributed by atoms with van der Waals surface area (Å²) in [6.45, 7) is 7.13. The molecule has 0 aromatic heterocycles. The molecule has 13 heteroatoms. The van der Waals surface area contributed by atoms with Crippen LogP contribution in [-0.4, -0.2) is 95.5 Å². The molecule has 3 fully saturated rings. The highest BCUT2D eigenvalue weighted by molar-refractivity contribution is 5.95. The Balaban J connectivity index is 1.40. The molecule has 3 aliphatic carbocycles. The fraction of sp³-hybridized carbons (Fsp3) is 0.432. The summed E-state index contributed by atoms with van der Waals surface area (Å²) in [6.07, 6.45) is -6.29. The second-order valence-corrected chi connectivity index (χ2v) is 16.1. The van der Waals surface area contributed by atoms with Crippen LogP contribution in [0.25, 0.3) is 16.8 Å². The fourth-order valence-electron chi connectivity index (χ4n) is 9.65. The van der Waals surface area contributed by atoms with Gasteiger partial charge in [0.2, 0.25) is 0 Å². The number of carbonyl (C=O) groups excluding carboxylic acids is 5. The lowest BCUT2D eigenvalue weighted by molar-refractivity contribution is -0.345. The van der Waals surface area contributed by atoms with Crippen LogP contribution in [0.3, 0.4) is 0 Å². The average Bonchev–Trinajstić information content (AvgIpc) is 3.18. The van der Waals surface area contributed by atoms with E-state index in [0.29, 0.717) is 5.57 Å². The van der Waals surface area contributed by atoms with E-state index < -0.39 is 88.3 Å². The van der Waals surface area contributed by atoms with E-state index in [1.165, 1.54) is 32.1 Å². The second kappa shape index (κ2) is 14.5. The molecule has 0 spiro atoms.